The Balaban J connectivity index is 1.75. The van der Waals surface area contributed by atoms with E-state index in [1.54, 1.807) is 30.3 Å². The van der Waals surface area contributed by atoms with E-state index in [2.05, 4.69) is 5.32 Å². The number of hydrogen-bond acceptors (Lipinski definition) is 5. The second kappa shape index (κ2) is 9.60. The zero-order valence-corrected chi connectivity index (χ0v) is 20.3. The summed E-state index contributed by atoms with van der Waals surface area (Å²) < 4.78 is 41.9. The van der Waals surface area contributed by atoms with E-state index in [4.69, 9.17) is 11.6 Å². The molecule has 0 aromatic heterocycles. The number of nitrogens with one attached hydrogen (secondary N) is 1. The van der Waals surface area contributed by atoms with E-state index in [1.807, 2.05) is 0 Å². The largest absolute Gasteiger partial charge is 0.471 e. The molecule has 0 saturated heterocycles. The number of carbonyl (C=O) groups is 2. The number of nitrogens with zero attached hydrogens (tertiary/aromatic N) is 2. The SMILES string of the molecule is O=C1CC(c2ccc(Cl)cc2)CC2=C1C(c1cccc([N+](=O)[O-])c1)N(C(=O)C(F)(F)F)c1ccccc1N2. The third-order valence-corrected chi connectivity index (χ3v) is 6.94. The number of carbonyl (C=O) groups excluding carboxylic acids is 2. The van der Waals surface area contributed by atoms with Crippen LogP contribution in [-0.2, 0) is 9.59 Å². The Hall–Kier alpha value is -4.18. The number of rotatable bonds is 3. The average molecular weight is 542 g/mol. The second-order valence-electron chi connectivity index (χ2n) is 9.04. The van der Waals surface area contributed by atoms with Gasteiger partial charge in [0.05, 0.1) is 22.3 Å². The first-order valence-electron chi connectivity index (χ1n) is 11.6. The predicted molar refractivity (Wildman–Crippen MR) is 135 cm³/mol. The number of ketones is 1. The summed E-state index contributed by atoms with van der Waals surface area (Å²) in [5.41, 5.74) is 0.875. The van der Waals surface area contributed by atoms with Crippen molar-refractivity contribution in [2.75, 3.05) is 10.2 Å². The fourth-order valence-electron chi connectivity index (χ4n) is 5.04. The smallest absolute Gasteiger partial charge is 0.357 e. The highest BCUT2D eigenvalue weighted by atomic mass is 35.5. The molecule has 0 bridgehead atoms. The molecule has 0 radical (unpaired) electrons. The van der Waals surface area contributed by atoms with Crippen LogP contribution in [0.3, 0.4) is 0 Å². The molecule has 38 heavy (non-hydrogen) atoms. The van der Waals surface area contributed by atoms with E-state index >= 15 is 0 Å². The van der Waals surface area contributed by atoms with Gasteiger partial charge in [-0.1, -0.05) is 48.0 Å². The van der Waals surface area contributed by atoms with Gasteiger partial charge in [-0.25, -0.2) is 0 Å². The van der Waals surface area contributed by atoms with Gasteiger partial charge in [-0.15, -0.1) is 0 Å². The van der Waals surface area contributed by atoms with Crippen LogP contribution in [0.2, 0.25) is 5.02 Å². The summed E-state index contributed by atoms with van der Waals surface area (Å²) in [7, 11) is 0. The standard InChI is InChI=1S/C27H19ClF3N3O4/c28-18-10-8-15(9-11-18)17-13-21-24(23(35)14-17)25(16-4-3-5-19(12-16)34(37)38)33(26(36)27(29,30)31)22-7-2-1-6-20(22)32-21/h1-12,17,25,32H,13-14H2. The van der Waals surface area contributed by atoms with Crippen molar-refractivity contribution >= 4 is 40.4 Å². The number of benzene rings is 3. The van der Waals surface area contributed by atoms with Crippen molar-refractivity contribution in [3.8, 4) is 0 Å². The molecule has 3 aromatic rings. The maximum absolute atomic E-state index is 14.0. The van der Waals surface area contributed by atoms with Crippen LogP contribution in [0.25, 0.3) is 0 Å². The van der Waals surface area contributed by atoms with Gasteiger partial charge in [-0.05, 0) is 47.7 Å². The Bertz CT molecular complexity index is 1490. The van der Waals surface area contributed by atoms with Crippen molar-refractivity contribution in [2.24, 2.45) is 0 Å². The van der Waals surface area contributed by atoms with Gasteiger partial charge in [0.1, 0.15) is 0 Å². The maximum Gasteiger partial charge on any atom is 0.471 e. The lowest BCUT2D eigenvalue weighted by Gasteiger charge is -2.35. The molecule has 2 atom stereocenters. The molecular weight excluding hydrogens is 523 g/mol. The van der Waals surface area contributed by atoms with E-state index in [0.717, 1.165) is 11.6 Å². The third kappa shape index (κ3) is 4.63. The van der Waals surface area contributed by atoms with Crippen molar-refractivity contribution in [3.05, 3.63) is 110 Å². The molecular formula is C27H19ClF3N3O4. The number of alkyl halides is 3. The molecule has 194 valence electrons. The first-order chi connectivity index (χ1) is 18.0. The Morgan fingerprint density at radius 2 is 1.71 bits per heavy atom. The molecule has 2 aliphatic rings. The summed E-state index contributed by atoms with van der Waals surface area (Å²) in [5, 5.41) is 15.1. The topological polar surface area (TPSA) is 92.5 Å². The van der Waals surface area contributed by atoms with Crippen molar-refractivity contribution < 1.29 is 27.7 Å². The zero-order chi connectivity index (χ0) is 27.2. The minimum Gasteiger partial charge on any atom is -0.357 e. The molecule has 7 nitrogen and oxygen atoms in total. The number of Topliss-reactive ketones (excluding diaryl/α,β-unsaturated/α-hetero) is 1. The summed E-state index contributed by atoms with van der Waals surface area (Å²) in [6.07, 6.45) is -5.05. The lowest BCUT2D eigenvalue weighted by molar-refractivity contribution is -0.384. The number of non-ortho nitro benzene ring substituents is 1. The van der Waals surface area contributed by atoms with Gasteiger partial charge in [0.15, 0.2) is 5.78 Å². The number of hydrogen-bond donors (Lipinski definition) is 1. The number of nitro benzene ring substituents is 1. The molecule has 1 heterocycles. The molecule has 1 amide bonds. The number of anilines is 2. The number of allylic oxidation sites excluding steroid dienone is 1. The van der Waals surface area contributed by atoms with E-state index in [1.165, 1.54) is 36.4 Å². The van der Waals surface area contributed by atoms with Crippen molar-refractivity contribution in [1.29, 1.82) is 0 Å². The van der Waals surface area contributed by atoms with Crippen molar-refractivity contribution in [2.45, 2.75) is 31.0 Å². The summed E-state index contributed by atoms with van der Waals surface area (Å²) in [6.45, 7) is 0. The Labute approximate surface area is 219 Å². The Morgan fingerprint density at radius 3 is 2.39 bits per heavy atom. The maximum atomic E-state index is 14.0. The lowest BCUT2D eigenvalue weighted by atomic mass is 9.78. The van der Waals surface area contributed by atoms with Crippen LogP contribution < -0.4 is 10.2 Å². The molecule has 2 unspecified atom stereocenters. The first-order valence-corrected chi connectivity index (χ1v) is 11.9. The summed E-state index contributed by atoms with van der Waals surface area (Å²) in [4.78, 5) is 38.0. The number of para-hydroxylation sites is 2. The molecule has 1 aliphatic carbocycles. The van der Waals surface area contributed by atoms with Gasteiger partial charge in [-0.2, -0.15) is 13.2 Å². The van der Waals surface area contributed by atoms with E-state index in [9.17, 15) is 32.9 Å². The molecule has 0 saturated carbocycles. The lowest BCUT2D eigenvalue weighted by Crippen LogP contribution is -2.45. The Kier molecular flexibility index (Phi) is 6.44. The van der Waals surface area contributed by atoms with Gasteiger partial charge in [0, 0.05) is 34.8 Å². The van der Waals surface area contributed by atoms with Crippen LogP contribution in [0.15, 0.2) is 84.1 Å². The van der Waals surface area contributed by atoms with Gasteiger partial charge < -0.3 is 5.32 Å². The highest BCUT2D eigenvalue weighted by Crippen LogP contribution is 2.48. The van der Waals surface area contributed by atoms with Gasteiger partial charge >= 0.3 is 12.1 Å². The van der Waals surface area contributed by atoms with Gasteiger partial charge in [-0.3, -0.25) is 24.6 Å². The Morgan fingerprint density at radius 1 is 1.00 bits per heavy atom. The molecule has 1 N–H and O–H groups in total. The zero-order valence-electron chi connectivity index (χ0n) is 19.5. The number of fused-ring (bicyclic) bond motifs is 1. The highest BCUT2D eigenvalue weighted by molar-refractivity contribution is 6.30. The number of amides is 1. The van der Waals surface area contributed by atoms with Crippen LogP contribution in [0, 0.1) is 10.1 Å². The monoisotopic (exact) mass is 541 g/mol. The fourth-order valence-corrected chi connectivity index (χ4v) is 5.17. The quantitative estimate of drug-likeness (QED) is 0.294. The molecule has 1 aliphatic heterocycles. The van der Waals surface area contributed by atoms with Crippen LogP contribution in [0.4, 0.5) is 30.2 Å². The van der Waals surface area contributed by atoms with E-state index in [-0.39, 0.29) is 47.0 Å². The van der Waals surface area contributed by atoms with Crippen LogP contribution in [-0.4, -0.2) is 22.8 Å². The number of halogens is 4. The molecule has 11 heteroatoms. The van der Waals surface area contributed by atoms with Crippen LogP contribution in [0.1, 0.15) is 35.9 Å². The molecule has 5 rings (SSSR count). The predicted octanol–water partition coefficient (Wildman–Crippen LogP) is 6.71. The molecule has 0 spiro atoms. The van der Waals surface area contributed by atoms with Gasteiger partial charge in [0.25, 0.3) is 5.69 Å². The first kappa shape index (κ1) is 25.5. The van der Waals surface area contributed by atoms with Gasteiger partial charge in [0.2, 0.25) is 0 Å². The fraction of sp³-hybridized carbons (Fsp3) is 0.185. The number of nitro groups is 1. The van der Waals surface area contributed by atoms with Crippen LogP contribution >= 0.6 is 11.6 Å². The summed E-state index contributed by atoms with van der Waals surface area (Å²) >= 11 is 6.01. The molecule has 3 aromatic carbocycles. The van der Waals surface area contributed by atoms with Crippen LogP contribution in [0.5, 0.6) is 0 Å². The van der Waals surface area contributed by atoms with E-state index < -0.39 is 28.8 Å². The minimum absolute atomic E-state index is 0.0149. The molecule has 0 fully saturated rings. The van der Waals surface area contributed by atoms with Crippen molar-refractivity contribution in [3.63, 3.8) is 0 Å². The summed E-state index contributed by atoms with van der Waals surface area (Å²) in [5.74, 6) is -2.96. The minimum atomic E-state index is -5.28. The van der Waals surface area contributed by atoms with E-state index in [0.29, 0.717) is 15.6 Å². The summed E-state index contributed by atoms with van der Waals surface area (Å²) in [6, 6.07) is 16.3. The highest BCUT2D eigenvalue weighted by Gasteiger charge is 2.50. The van der Waals surface area contributed by atoms with Crippen molar-refractivity contribution in [1.82, 2.24) is 0 Å². The second-order valence-corrected chi connectivity index (χ2v) is 9.48. The third-order valence-electron chi connectivity index (χ3n) is 6.69. The normalized spacial score (nSPS) is 19.3. The average Bonchev–Trinajstić information content (AvgIpc) is 3.02.